The van der Waals surface area contributed by atoms with Crippen LogP contribution in [0.25, 0.3) is 22.1 Å². The van der Waals surface area contributed by atoms with Crippen molar-refractivity contribution in [3.63, 3.8) is 0 Å². The predicted molar refractivity (Wildman–Crippen MR) is 74.4 cm³/mol. The molecule has 0 amide bonds. The van der Waals surface area contributed by atoms with E-state index in [4.69, 9.17) is 21.8 Å². The van der Waals surface area contributed by atoms with Gasteiger partial charge >= 0.3 is 0 Å². The first kappa shape index (κ1) is 12.2. The first-order valence-electron chi connectivity index (χ1n) is 5.78. The highest BCUT2D eigenvalue weighted by Gasteiger charge is 2.21. The van der Waals surface area contributed by atoms with Crippen LogP contribution in [0.3, 0.4) is 0 Å². The average molecular weight is 278 g/mol. The van der Waals surface area contributed by atoms with E-state index in [0.29, 0.717) is 27.3 Å². The molecule has 0 fully saturated rings. The predicted octanol–water partition coefficient (Wildman–Crippen LogP) is 2.52. The molecule has 0 bridgehead atoms. The van der Waals surface area contributed by atoms with Gasteiger partial charge in [0.1, 0.15) is 16.9 Å². The monoisotopic (exact) mass is 277 g/mol. The summed E-state index contributed by atoms with van der Waals surface area (Å²) in [6.07, 6.45) is 0. The van der Waals surface area contributed by atoms with Gasteiger partial charge in [-0.2, -0.15) is 0 Å². The standard InChI is InChI=1S/C13H12ClN3O2/c1-13(2,15)12-16-9-7-5-6(14)3-4-8(7)19-10(9)11(18)17-12/h3-5H,15H2,1-2H3,(H,16,17,18). The molecule has 0 spiro atoms. The van der Waals surface area contributed by atoms with E-state index < -0.39 is 5.54 Å². The second kappa shape index (κ2) is 3.82. The molecule has 0 saturated carbocycles. The van der Waals surface area contributed by atoms with Crippen LogP contribution in [-0.4, -0.2) is 9.97 Å². The maximum absolute atomic E-state index is 12.0. The molecular weight excluding hydrogens is 266 g/mol. The van der Waals surface area contributed by atoms with E-state index >= 15 is 0 Å². The quantitative estimate of drug-likeness (QED) is 0.716. The van der Waals surface area contributed by atoms with Gasteiger partial charge in [-0.1, -0.05) is 11.6 Å². The van der Waals surface area contributed by atoms with Gasteiger partial charge in [0.2, 0.25) is 5.58 Å². The number of furan rings is 1. The summed E-state index contributed by atoms with van der Waals surface area (Å²) in [4.78, 5) is 19.1. The Labute approximate surface area is 113 Å². The van der Waals surface area contributed by atoms with Gasteiger partial charge < -0.3 is 15.1 Å². The van der Waals surface area contributed by atoms with Crippen molar-refractivity contribution in [1.82, 2.24) is 9.97 Å². The Morgan fingerprint density at radius 2 is 2.16 bits per heavy atom. The van der Waals surface area contributed by atoms with E-state index in [1.165, 1.54) is 0 Å². The number of nitrogens with one attached hydrogen (secondary N) is 1. The van der Waals surface area contributed by atoms with E-state index in [0.717, 1.165) is 0 Å². The number of nitrogens with two attached hydrogens (primary N) is 1. The molecule has 3 rings (SSSR count). The number of aromatic nitrogens is 2. The molecule has 0 saturated heterocycles. The number of halogens is 1. The molecule has 5 nitrogen and oxygen atoms in total. The lowest BCUT2D eigenvalue weighted by Gasteiger charge is -2.16. The zero-order chi connectivity index (χ0) is 13.8. The first-order valence-corrected chi connectivity index (χ1v) is 6.15. The molecule has 6 heteroatoms. The van der Waals surface area contributed by atoms with Crippen LogP contribution >= 0.6 is 11.6 Å². The van der Waals surface area contributed by atoms with Gasteiger partial charge in [0.15, 0.2) is 0 Å². The number of fused-ring (bicyclic) bond motifs is 3. The Morgan fingerprint density at radius 3 is 2.84 bits per heavy atom. The van der Waals surface area contributed by atoms with Crippen molar-refractivity contribution in [2.45, 2.75) is 19.4 Å². The van der Waals surface area contributed by atoms with Crippen molar-refractivity contribution < 1.29 is 4.42 Å². The Kier molecular flexibility index (Phi) is 2.45. The van der Waals surface area contributed by atoms with Crippen molar-refractivity contribution >= 4 is 33.7 Å². The molecule has 98 valence electrons. The SMILES string of the molecule is CC(C)(N)c1nc2c(oc3ccc(Cl)cc32)c(=O)[nH]1. The second-order valence-corrected chi connectivity index (χ2v) is 5.49. The normalized spacial score (nSPS) is 12.4. The lowest BCUT2D eigenvalue weighted by atomic mass is 10.1. The summed E-state index contributed by atoms with van der Waals surface area (Å²) < 4.78 is 5.50. The Morgan fingerprint density at radius 1 is 1.42 bits per heavy atom. The van der Waals surface area contributed by atoms with E-state index in [2.05, 4.69) is 9.97 Å². The lowest BCUT2D eigenvalue weighted by molar-refractivity contribution is 0.513. The minimum absolute atomic E-state index is 0.185. The number of hydrogen-bond donors (Lipinski definition) is 2. The summed E-state index contributed by atoms with van der Waals surface area (Å²) in [6.45, 7) is 3.54. The lowest BCUT2D eigenvalue weighted by Crippen LogP contribution is -2.33. The minimum atomic E-state index is -0.741. The number of hydrogen-bond acceptors (Lipinski definition) is 4. The van der Waals surface area contributed by atoms with Crippen LogP contribution in [0.4, 0.5) is 0 Å². The molecule has 0 unspecified atom stereocenters. The van der Waals surface area contributed by atoms with Gasteiger partial charge in [-0.25, -0.2) is 4.98 Å². The van der Waals surface area contributed by atoms with E-state index in [1.54, 1.807) is 32.0 Å². The average Bonchev–Trinajstić information content (AvgIpc) is 2.67. The summed E-state index contributed by atoms with van der Waals surface area (Å²) in [6, 6.07) is 5.14. The molecule has 3 aromatic rings. The summed E-state index contributed by atoms with van der Waals surface area (Å²) in [5.74, 6) is 0.410. The third-order valence-corrected chi connectivity index (χ3v) is 3.13. The molecule has 2 heterocycles. The fourth-order valence-electron chi connectivity index (χ4n) is 1.93. The molecule has 2 aromatic heterocycles. The van der Waals surface area contributed by atoms with E-state index in [9.17, 15) is 4.79 Å². The number of nitrogens with zero attached hydrogens (tertiary/aromatic N) is 1. The molecule has 0 aliphatic rings. The van der Waals surface area contributed by atoms with Gasteiger partial charge in [-0.15, -0.1) is 0 Å². The maximum atomic E-state index is 12.0. The highest BCUT2D eigenvalue weighted by molar-refractivity contribution is 6.31. The van der Waals surface area contributed by atoms with Crippen molar-refractivity contribution in [3.05, 3.63) is 39.4 Å². The highest BCUT2D eigenvalue weighted by atomic mass is 35.5. The summed E-state index contributed by atoms with van der Waals surface area (Å²) in [5.41, 5.74) is 6.13. The van der Waals surface area contributed by atoms with Gasteiger partial charge in [-0.05, 0) is 32.0 Å². The molecule has 0 aliphatic heterocycles. The molecule has 19 heavy (non-hydrogen) atoms. The van der Waals surface area contributed by atoms with Crippen LogP contribution in [-0.2, 0) is 5.54 Å². The summed E-state index contributed by atoms with van der Waals surface area (Å²) in [5, 5.41) is 1.27. The van der Waals surface area contributed by atoms with Gasteiger partial charge in [-0.3, -0.25) is 4.79 Å². The van der Waals surface area contributed by atoms with Crippen LogP contribution < -0.4 is 11.3 Å². The van der Waals surface area contributed by atoms with Crippen LogP contribution in [0.5, 0.6) is 0 Å². The number of rotatable bonds is 1. The van der Waals surface area contributed by atoms with Crippen LogP contribution in [0.2, 0.25) is 5.02 Å². The highest BCUT2D eigenvalue weighted by Crippen LogP contribution is 2.28. The topological polar surface area (TPSA) is 84.9 Å². The van der Waals surface area contributed by atoms with E-state index in [-0.39, 0.29) is 11.1 Å². The largest absolute Gasteiger partial charge is 0.449 e. The molecule has 0 aliphatic carbocycles. The fourth-order valence-corrected chi connectivity index (χ4v) is 2.10. The van der Waals surface area contributed by atoms with Gasteiger partial charge in [0.05, 0.1) is 5.54 Å². The van der Waals surface area contributed by atoms with Crippen LogP contribution in [0.1, 0.15) is 19.7 Å². The van der Waals surface area contributed by atoms with Crippen molar-refractivity contribution in [3.8, 4) is 0 Å². The zero-order valence-corrected chi connectivity index (χ0v) is 11.2. The Hall–Kier alpha value is -1.85. The van der Waals surface area contributed by atoms with Crippen molar-refractivity contribution in [1.29, 1.82) is 0 Å². The summed E-state index contributed by atoms with van der Waals surface area (Å²) in [7, 11) is 0. The zero-order valence-electron chi connectivity index (χ0n) is 10.5. The van der Waals surface area contributed by atoms with E-state index in [1.807, 2.05) is 0 Å². The molecule has 1 aromatic carbocycles. The van der Waals surface area contributed by atoms with Crippen LogP contribution in [0, 0.1) is 0 Å². The molecule has 0 radical (unpaired) electrons. The third-order valence-electron chi connectivity index (χ3n) is 2.90. The first-order chi connectivity index (χ1) is 8.86. The number of aromatic amines is 1. The van der Waals surface area contributed by atoms with Gasteiger partial charge in [0, 0.05) is 10.4 Å². The molecule has 0 atom stereocenters. The van der Waals surface area contributed by atoms with Crippen molar-refractivity contribution in [2.75, 3.05) is 0 Å². The minimum Gasteiger partial charge on any atom is -0.449 e. The number of benzene rings is 1. The molecule has 3 N–H and O–H groups in total. The maximum Gasteiger partial charge on any atom is 0.294 e. The second-order valence-electron chi connectivity index (χ2n) is 5.06. The Bertz CT molecular complexity index is 843. The van der Waals surface area contributed by atoms with Crippen molar-refractivity contribution in [2.24, 2.45) is 5.73 Å². The third kappa shape index (κ3) is 1.91. The van der Waals surface area contributed by atoms with Crippen LogP contribution in [0.15, 0.2) is 27.4 Å². The smallest absolute Gasteiger partial charge is 0.294 e. The summed E-state index contributed by atoms with van der Waals surface area (Å²) >= 11 is 5.97. The number of H-pyrrole nitrogens is 1. The molecular formula is C13H12ClN3O2. The Balaban J connectivity index is 2.48. The fraction of sp³-hybridized carbons (Fsp3) is 0.231. The van der Waals surface area contributed by atoms with Gasteiger partial charge in [0.25, 0.3) is 5.56 Å².